The van der Waals surface area contributed by atoms with Crippen molar-refractivity contribution < 1.29 is 23.9 Å². The highest BCUT2D eigenvalue weighted by Crippen LogP contribution is 2.35. The Bertz CT molecular complexity index is 1180. The second-order valence-corrected chi connectivity index (χ2v) is 12.9. The molecule has 2 aromatic rings. The van der Waals surface area contributed by atoms with Gasteiger partial charge in [-0.25, -0.2) is 9.59 Å². The summed E-state index contributed by atoms with van der Waals surface area (Å²) < 4.78 is 12.8. The number of para-hydroxylation sites is 1. The second kappa shape index (κ2) is 10.6. The third-order valence-corrected chi connectivity index (χ3v) is 7.28. The summed E-state index contributed by atoms with van der Waals surface area (Å²) in [5.74, 6) is 0.679. The lowest BCUT2D eigenvalue weighted by atomic mass is 9.89. The highest BCUT2D eigenvalue weighted by atomic mass is 16.6. The second-order valence-electron chi connectivity index (χ2n) is 12.9. The summed E-state index contributed by atoms with van der Waals surface area (Å²) in [6, 6.07) is 7.79. The fourth-order valence-corrected chi connectivity index (χ4v) is 5.65. The van der Waals surface area contributed by atoms with Crippen molar-refractivity contribution in [1.82, 2.24) is 14.4 Å². The van der Waals surface area contributed by atoms with Gasteiger partial charge in [-0.15, -0.1) is 0 Å². The molecule has 0 N–H and O–H groups in total. The van der Waals surface area contributed by atoms with Gasteiger partial charge in [0.25, 0.3) is 0 Å². The number of amides is 2. The van der Waals surface area contributed by atoms with Gasteiger partial charge in [0.15, 0.2) is 0 Å². The first-order valence-electron chi connectivity index (χ1n) is 13.8. The number of rotatable bonds is 3. The summed E-state index contributed by atoms with van der Waals surface area (Å²) >= 11 is 0. The van der Waals surface area contributed by atoms with Crippen molar-refractivity contribution >= 4 is 29.0 Å². The molecule has 8 heteroatoms. The van der Waals surface area contributed by atoms with E-state index < -0.39 is 11.2 Å². The van der Waals surface area contributed by atoms with Crippen molar-refractivity contribution in [3.8, 4) is 0 Å². The zero-order valence-corrected chi connectivity index (χ0v) is 24.0. The van der Waals surface area contributed by atoms with Gasteiger partial charge in [0, 0.05) is 43.7 Å². The molecule has 0 radical (unpaired) electrons. The molecule has 2 aliphatic heterocycles. The third-order valence-electron chi connectivity index (χ3n) is 7.28. The summed E-state index contributed by atoms with van der Waals surface area (Å²) in [7, 11) is 0. The molecule has 2 atom stereocenters. The number of carbonyl (C=O) groups excluding carboxylic acids is 3. The molecule has 1 aromatic heterocycles. The van der Waals surface area contributed by atoms with Gasteiger partial charge >= 0.3 is 12.2 Å². The molecule has 0 unspecified atom stereocenters. The van der Waals surface area contributed by atoms with Gasteiger partial charge in [0.2, 0.25) is 5.91 Å². The Hall–Kier alpha value is -3.03. The van der Waals surface area contributed by atoms with Crippen molar-refractivity contribution in [2.24, 2.45) is 5.92 Å². The monoisotopic (exact) mass is 525 g/mol. The van der Waals surface area contributed by atoms with Crippen LogP contribution in [0.3, 0.4) is 0 Å². The minimum absolute atomic E-state index is 0.0901. The van der Waals surface area contributed by atoms with E-state index in [-0.39, 0.29) is 30.1 Å². The SMILES string of the molecule is C[C@@H]1C[C@@H](CC(=O)N2CCC(c3cn(C(=O)OC(C)(C)C)c4ccccc34)CC2)N(C(=O)OC(C)(C)C)C1. The maximum atomic E-state index is 13.3. The first kappa shape index (κ1) is 28.0. The van der Waals surface area contributed by atoms with Crippen LogP contribution in [-0.2, 0) is 14.3 Å². The van der Waals surface area contributed by atoms with E-state index >= 15 is 0 Å². The first-order valence-corrected chi connectivity index (χ1v) is 13.8. The fraction of sp³-hybridized carbons (Fsp3) is 0.633. The number of fused-ring (bicyclic) bond motifs is 1. The molecule has 0 spiro atoms. The van der Waals surface area contributed by atoms with Crippen molar-refractivity contribution in [2.75, 3.05) is 19.6 Å². The van der Waals surface area contributed by atoms with Gasteiger partial charge in [0.05, 0.1) is 5.52 Å². The van der Waals surface area contributed by atoms with Crippen molar-refractivity contribution in [2.45, 2.75) is 97.3 Å². The minimum Gasteiger partial charge on any atom is -0.444 e. The summed E-state index contributed by atoms with van der Waals surface area (Å²) in [5, 5.41) is 1.05. The molecule has 3 heterocycles. The molecule has 1 aromatic carbocycles. The molecule has 0 aliphatic carbocycles. The standard InChI is InChI=1S/C30H43N3O5/c1-20-16-22(32(18-20)27(35)37-29(2,3)4)17-26(34)31-14-12-21(13-15-31)24-19-33(28(36)38-30(5,6)7)25-11-9-8-10-23(24)25/h8-11,19-22H,12-18H2,1-7H3/t20-,22+/m1/s1. The zero-order chi connectivity index (χ0) is 27.8. The molecular weight excluding hydrogens is 482 g/mol. The molecule has 208 valence electrons. The average Bonchev–Trinajstić information content (AvgIpc) is 3.37. The number of carbonyl (C=O) groups is 3. The Morgan fingerprint density at radius 2 is 1.53 bits per heavy atom. The maximum Gasteiger partial charge on any atom is 0.419 e. The highest BCUT2D eigenvalue weighted by Gasteiger charge is 2.38. The van der Waals surface area contributed by atoms with Gasteiger partial charge in [-0.1, -0.05) is 25.1 Å². The molecule has 4 rings (SSSR count). The topological polar surface area (TPSA) is 81.1 Å². The predicted molar refractivity (Wildman–Crippen MR) is 147 cm³/mol. The van der Waals surface area contributed by atoms with Gasteiger partial charge in [0.1, 0.15) is 11.2 Å². The highest BCUT2D eigenvalue weighted by molar-refractivity contribution is 5.92. The average molecular weight is 526 g/mol. The van der Waals surface area contributed by atoms with Crippen LogP contribution >= 0.6 is 0 Å². The van der Waals surface area contributed by atoms with E-state index in [0.717, 1.165) is 35.7 Å². The molecule has 2 aliphatic rings. The molecule has 0 bridgehead atoms. The Morgan fingerprint density at radius 3 is 2.16 bits per heavy atom. The Balaban J connectivity index is 1.41. The van der Waals surface area contributed by atoms with Gasteiger partial charge in [-0.05, 0) is 84.3 Å². The molecule has 2 fully saturated rings. The number of ether oxygens (including phenoxy) is 2. The maximum absolute atomic E-state index is 13.3. The van der Waals surface area contributed by atoms with Crippen LogP contribution in [-0.4, -0.2) is 69.3 Å². The van der Waals surface area contributed by atoms with Crippen molar-refractivity contribution in [1.29, 1.82) is 0 Å². The summed E-state index contributed by atoms with van der Waals surface area (Å²) in [6.45, 7) is 15.2. The fourth-order valence-electron chi connectivity index (χ4n) is 5.65. The zero-order valence-electron chi connectivity index (χ0n) is 24.0. The van der Waals surface area contributed by atoms with E-state index in [1.54, 1.807) is 9.47 Å². The lowest BCUT2D eigenvalue weighted by molar-refractivity contribution is -0.133. The van der Waals surface area contributed by atoms with Gasteiger partial charge in [-0.2, -0.15) is 0 Å². The summed E-state index contributed by atoms with van der Waals surface area (Å²) in [4.78, 5) is 42.6. The molecule has 0 saturated carbocycles. The van der Waals surface area contributed by atoms with Crippen LogP contribution in [0.25, 0.3) is 10.9 Å². The predicted octanol–water partition coefficient (Wildman–Crippen LogP) is 6.17. The number of piperidine rings is 1. The van der Waals surface area contributed by atoms with Crippen molar-refractivity contribution in [3.63, 3.8) is 0 Å². The largest absolute Gasteiger partial charge is 0.444 e. The van der Waals surface area contributed by atoms with Crippen LogP contribution in [0.2, 0.25) is 0 Å². The number of benzene rings is 1. The Kier molecular flexibility index (Phi) is 7.82. The molecule has 2 amide bonds. The van der Waals surface area contributed by atoms with Crippen LogP contribution < -0.4 is 0 Å². The summed E-state index contributed by atoms with van der Waals surface area (Å²) in [6.07, 6.45) is 3.99. The van der Waals surface area contributed by atoms with Crippen LogP contribution in [0, 0.1) is 5.92 Å². The third kappa shape index (κ3) is 6.51. The minimum atomic E-state index is -0.579. The molecule has 8 nitrogen and oxygen atoms in total. The molecule has 2 saturated heterocycles. The van der Waals surface area contributed by atoms with Crippen LogP contribution in [0.1, 0.15) is 85.6 Å². The molecule has 38 heavy (non-hydrogen) atoms. The van der Waals surface area contributed by atoms with Gasteiger partial charge in [-0.3, -0.25) is 9.36 Å². The number of nitrogens with zero attached hydrogens (tertiary/aromatic N) is 3. The number of likely N-dealkylation sites (tertiary alicyclic amines) is 2. The lowest BCUT2D eigenvalue weighted by Gasteiger charge is -2.34. The number of hydrogen-bond donors (Lipinski definition) is 0. The Morgan fingerprint density at radius 1 is 0.921 bits per heavy atom. The summed E-state index contributed by atoms with van der Waals surface area (Å²) in [5.41, 5.74) is 0.823. The molecular formula is C30H43N3O5. The number of hydrogen-bond acceptors (Lipinski definition) is 5. The smallest absolute Gasteiger partial charge is 0.419 e. The lowest BCUT2D eigenvalue weighted by Crippen LogP contribution is -2.44. The van der Waals surface area contributed by atoms with Gasteiger partial charge < -0.3 is 19.3 Å². The van der Waals surface area contributed by atoms with E-state index in [2.05, 4.69) is 13.0 Å². The Labute approximate surface area is 226 Å². The van der Waals surface area contributed by atoms with Crippen LogP contribution in [0.4, 0.5) is 9.59 Å². The first-order chi connectivity index (χ1) is 17.7. The quantitative estimate of drug-likeness (QED) is 0.479. The van der Waals surface area contributed by atoms with Crippen LogP contribution in [0.5, 0.6) is 0 Å². The van der Waals surface area contributed by atoms with E-state index in [1.807, 2.05) is 70.8 Å². The van der Waals surface area contributed by atoms with E-state index in [1.165, 1.54) is 0 Å². The van der Waals surface area contributed by atoms with E-state index in [0.29, 0.717) is 32.0 Å². The number of aromatic nitrogens is 1. The van der Waals surface area contributed by atoms with E-state index in [9.17, 15) is 14.4 Å². The van der Waals surface area contributed by atoms with Crippen LogP contribution in [0.15, 0.2) is 30.5 Å². The van der Waals surface area contributed by atoms with Crippen molar-refractivity contribution in [3.05, 3.63) is 36.0 Å². The normalized spacial score (nSPS) is 21.1. The van der Waals surface area contributed by atoms with E-state index in [4.69, 9.17) is 9.47 Å².